The third-order valence-electron chi connectivity index (χ3n) is 3.37. The van der Waals surface area contributed by atoms with E-state index in [-0.39, 0.29) is 29.9 Å². The lowest BCUT2D eigenvalue weighted by atomic mass is 9.90. The normalized spacial score (nSPS) is 17.7. The lowest BCUT2D eigenvalue weighted by Crippen LogP contribution is -2.57. The lowest BCUT2D eigenvalue weighted by molar-refractivity contribution is -0.140. The van der Waals surface area contributed by atoms with Gasteiger partial charge in [0.1, 0.15) is 5.01 Å². The Balaban J connectivity index is 0.00000242. The zero-order chi connectivity index (χ0) is 15.7. The molecular formula is C12H17ClF3N3O2S. The van der Waals surface area contributed by atoms with Crippen LogP contribution in [0.2, 0.25) is 0 Å². The van der Waals surface area contributed by atoms with Gasteiger partial charge in [0.2, 0.25) is 5.91 Å². The van der Waals surface area contributed by atoms with Crippen molar-refractivity contribution in [3.63, 3.8) is 0 Å². The van der Waals surface area contributed by atoms with Gasteiger partial charge in [0.05, 0.1) is 12.1 Å². The smallest absolute Gasteiger partial charge is 0.381 e. The summed E-state index contributed by atoms with van der Waals surface area (Å²) in [6, 6.07) is 0. The van der Waals surface area contributed by atoms with Crippen molar-refractivity contribution in [2.45, 2.75) is 31.1 Å². The molecule has 0 spiro atoms. The van der Waals surface area contributed by atoms with Crippen molar-refractivity contribution in [1.29, 1.82) is 0 Å². The molecule has 0 saturated carbocycles. The number of nitrogens with zero attached hydrogens (tertiary/aromatic N) is 2. The Morgan fingerprint density at radius 2 is 2.09 bits per heavy atom. The summed E-state index contributed by atoms with van der Waals surface area (Å²) >= 11 is 0.877. The Morgan fingerprint density at radius 1 is 1.50 bits per heavy atom. The molecule has 1 fully saturated rings. The number of ether oxygens (including phenoxy) is 1. The minimum absolute atomic E-state index is 0. The molecule has 0 radical (unpaired) electrons. The van der Waals surface area contributed by atoms with Crippen molar-refractivity contribution in [2.75, 3.05) is 20.3 Å². The van der Waals surface area contributed by atoms with Crippen LogP contribution in [0.15, 0.2) is 5.38 Å². The molecule has 0 atom stereocenters. The van der Waals surface area contributed by atoms with E-state index in [1.54, 1.807) is 0 Å². The molecule has 1 saturated heterocycles. The van der Waals surface area contributed by atoms with Crippen molar-refractivity contribution in [3.8, 4) is 0 Å². The summed E-state index contributed by atoms with van der Waals surface area (Å²) in [5.74, 6) is -0.297. The van der Waals surface area contributed by atoms with Crippen LogP contribution in [0.5, 0.6) is 0 Å². The van der Waals surface area contributed by atoms with Gasteiger partial charge in [0.15, 0.2) is 5.69 Å². The molecule has 0 unspecified atom stereocenters. The molecule has 0 bridgehead atoms. The monoisotopic (exact) mass is 359 g/mol. The first-order valence-corrected chi connectivity index (χ1v) is 7.24. The van der Waals surface area contributed by atoms with Crippen molar-refractivity contribution in [1.82, 2.24) is 9.88 Å². The van der Waals surface area contributed by atoms with E-state index in [2.05, 4.69) is 4.98 Å². The van der Waals surface area contributed by atoms with E-state index in [4.69, 9.17) is 10.5 Å². The Bertz CT molecular complexity index is 518. The van der Waals surface area contributed by atoms with Crippen molar-refractivity contribution in [3.05, 3.63) is 16.1 Å². The maximum absolute atomic E-state index is 12.5. The topological polar surface area (TPSA) is 68.5 Å². The number of rotatable bonds is 3. The molecular weight excluding hydrogens is 343 g/mol. The third kappa shape index (κ3) is 4.31. The van der Waals surface area contributed by atoms with E-state index in [0.29, 0.717) is 26.1 Å². The van der Waals surface area contributed by atoms with E-state index in [1.807, 2.05) is 0 Å². The second-order valence-corrected chi connectivity index (χ2v) is 6.00. The SMILES string of the molecule is CN(Cc1nc(C(F)(F)F)cs1)C(=O)C1(N)CCOCC1.Cl. The number of halogens is 4. The summed E-state index contributed by atoms with van der Waals surface area (Å²) in [6.07, 6.45) is -3.66. The summed E-state index contributed by atoms with van der Waals surface area (Å²) in [5, 5.41) is 1.18. The number of thiazole rings is 1. The van der Waals surface area contributed by atoms with Gasteiger partial charge in [-0.05, 0) is 12.8 Å². The average molecular weight is 360 g/mol. The van der Waals surface area contributed by atoms with Crippen LogP contribution in [-0.4, -0.2) is 41.6 Å². The molecule has 2 heterocycles. The summed E-state index contributed by atoms with van der Waals surface area (Å²) in [6.45, 7) is 0.830. The second kappa shape index (κ2) is 7.12. The van der Waals surface area contributed by atoms with Gasteiger partial charge in [-0.15, -0.1) is 23.7 Å². The molecule has 1 aliphatic rings. The molecule has 5 nitrogen and oxygen atoms in total. The molecule has 10 heteroatoms. The van der Waals surface area contributed by atoms with Crippen molar-refractivity contribution < 1.29 is 22.7 Å². The number of hydrogen-bond donors (Lipinski definition) is 1. The molecule has 22 heavy (non-hydrogen) atoms. The van der Waals surface area contributed by atoms with Crippen LogP contribution < -0.4 is 5.73 Å². The zero-order valence-electron chi connectivity index (χ0n) is 11.9. The fourth-order valence-corrected chi connectivity index (χ4v) is 2.97. The van der Waals surface area contributed by atoms with Gasteiger partial charge >= 0.3 is 6.18 Å². The predicted molar refractivity (Wildman–Crippen MR) is 77.8 cm³/mol. The molecule has 1 aromatic rings. The fraction of sp³-hybridized carbons (Fsp3) is 0.667. The Kier molecular flexibility index (Phi) is 6.19. The van der Waals surface area contributed by atoms with Crippen LogP contribution in [0.1, 0.15) is 23.5 Å². The highest BCUT2D eigenvalue weighted by atomic mass is 35.5. The molecule has 2 rings (SSSR count). The number of alkyl halides is 3. The molecule has 0 aromatic carbocycles. The highest BCUT2D eigenvalue weighted by Crippen LogP contribution is 2.30. The standard InChI is InChI=1S/C12H16F3N3O2S.ClH/c1-18(10(19)11(16)2-4-20-5-3-11)6-9-17-8(7-21-9)12(13,14)15;/h7H,2-6,16H2,1H3;1H. The van der Waals surface area contributed by atoms with Gasteiger partial charge in [-0.3, -0.25) is 4.79 Å². The fourth-order valence-electron chi connectivity index (χ4n) is 2.12. The Labute approximate surface area is 136 Å². The number of carbonyl (C=O) groups excluding carboxylic acids is 1. The van der Waals surface area contributed by atoms with Gasteiger partial charge < -0.3 is 15.4 Å². The zero-order valence-corrected chi connectivity index (χ0v) is 13.5. The molecule has 126 valence electrons. The molecule has 0 aliphatic carbocycles. The number of nitrogens with two attached hydrogens (primary N) is 1. The highest BCUT2D eigenvalue weighted by Gasteiger charge is 2.38. The average Bonchev–Trinajstić information content (AvgIpc) is 2.87. The molecule has 1 aromatic heterocycles. The van der Waals surface area contributed by atoms with Gasteiger partial charge in [-0.2, -0.15) is 13.2 Å². The number of aromatic nitrogens is 1. The molecule has 1 aliphatic heterocycles. The summed E-state index contributed by atoms with van der Waals surface area (Å²) < 4.78 is 42.6. The maximum atomic E-state index is 12.5. The number of amides is 1. The van der Waals surface area contributed by atoms with Gasteiger partial charge in [-0.1, -0.05) is 0 Å². The van der Waals surface area contributed by atoms with Crippen LogP contribution >= 0.6 is 23.7 Å². The van der Waals surface area contributed by atoms with Crippen molar-refractivity contribution >= 4 is 29.7 Å². The number of hydrogen-bond acceptors (Lipinski definition) is 5. The minimum atomic E-state index is -4.47. The van der Waals surface area contributed by atoms with Crippen LogP contribution in [-0.2, 0) is 22.3 Å². The molecule has 2 N–H and O–H groups in total. The van der Waals surface area contributed by atoms with E-state index in [1.165, 1.54) is 11.9 Å². The van der Waals surface area contributed by atoms with Crippen LogP contribution in [0.25, 0.3) is 0 Å². The van der Waals surface area contributed by atoms with E-state index < -0.39 is 17.4 Å². The van der Waals surface area contributed by atoms with E-state index >= 15 is 0 Å². The van der Waals surface area contributed by atoms with Gasteiger partial charge in [0.25, 0.3) is 0 Å². The maximum Gasteiger partial charge on any atom is 0.434 e. The van der Waals surface area contributed by atoms with Crippen LogP contribution in [0, 0.1) is 0 Å². The first-order valence-electron chi connectivity index (χ1n) is 6.36. The first kappa shape index (κ1) is 19.1. The quantitative estimate of drug-likeness (QED) is 0.896. The predicted octanol–water partition coefficient (Wildman–Crippen LogP) is 2.05. The molecule has 1 amide bonds. The Hall–Kier alpha value is -0.900. The number of carbonyl (C=O) groups is 1. The lowest BCUT2D eigenvalue weighted by Gasteiger charge is -2.35. The largest absolute Gasteiger partial charge is 0.434 e. The summed E-state index contributed by atoms with van der Waals surface area (Å²) in [4.78, 5) is 17.2. The highest BCUT2D eigenvalue weighted by molar-refractivity contribution is 7.09. The van der Waals surface area contributed by atoms with Crippen molar-refractivity contribution in [2.24, 2.45) is 5.73 Å². The minimum Gasteiger partial charge on any atom is -0.381 e. The second-order valence-electron chi connectivity index (χ2n) is 5.05. The van der Waals surface area contributed by atoms with Gasteiger partial charge in [-0.25, -0.2) is 4.98 Å². The van der Waals surface area contributed by atoms with Crippen LogP contribution in [0.4, 0.5) is 13.2 Å². The number of likely N-dealkylation sites (N-methyl/N-ethyl adjacent to an activating group) is 1. The third-order valence-corrected chi connectivity index (χ3v) is 4.21. The van der Waals surface area contributed by atoms with E-state index in [0.717, 1.165) is 16.7 Å². The van der Waals surface area contributed by atoms with Crippen LogP contribution in [0.3, 0.4) is 0 Å². The van der Waals surface area contributed by atoms with E-state index in [9.17, 15) is 18.0 Å². The first-order chi connectivity index (χ1) is 9.72. The summed E-state index contributed by atoms with van der Waals surface area (Å²) in [5.41, 5.74) is 4.13. The summed E-state index contributed by atoms with van der Waals surface area (Å²) in [7, 11) is 1.51. The van der Waals surface area contributed by atoms with Gasteiger partial charge in [0, 0.05) is 25.6 Å². The Morgan fingerprint density at radius 3 is 2.59 bits per heavy atom.